The Balaban J connectivity index is 2.67. The van der Waals surface area contributed by atoms with Crippen molar-refractivity contribution >= 4 is 0 Å². The van der Waals surface area contributed by atoms with Crippen molar-refractivity contribution in [2.24, 2.45) is 5.11 Å². The van der Waals surface area contributed by atoms with Crippen LogP contribution in [0.5, 0.6) is 0 Å². The summed E-state index contributed by atoms with van der Waals surface area (Å²) >= 11 is 0. The molecule has 0 aromatic rings. The van der Waals surface area contributed by atoms with Crippen molar-refractivity contribution in [3.05, 3.63) is 10.4 Å². The second kappa shape index (κ2) is 3.91. The fraction of sp³-hybridized carbons (Fsp3) is 1.00. The number of rotatable bonds is 2. The summed E-state index contributed by atoms with van der Waals surface area (Å²) in [6.45, 7) is 1.53. The Kier molecular flexibility index (Phi) is 3.07. The first-order valence-corrected chi connectivity index (χ1v) is 3.81. The van der Waals surface area contributed by atoms with E-state index in [1.807, 2.05) is 0 Å². The average molecular weight is 189 g/mol. The second-order valence-electron chi connectivity index (χ2n) is 2.92. The molecule has 7 nitrogen and oxygen atoms in total. The van der Waals surface area contributed by atoms with Crippen LogP contribution in [0.2, 0.25) is 0 Å². The molecule has 0 spiro atoms. The van der Waals surface area contributed by atoms with E-state index in [4.69, 9.17) is 20.5 Å². The number of nitrogens with zero attached hydrogens (tertiary/aromatic N) is 3. The van der Waals surface area contributed by atoms with E-state index in [-0.39, 0.29) is 0 Å². The maximum atomic E-state index is 9.31. The molecule has 1 fully saturated rings. The minimum Gasteiger partial charge on any atom is -0.387 e. The van der Waals surface area contributed by atoms with Gasteiger partial charge in [-0.2, -0.15) is 0 Å². The zero-order chi connectivity index (χ0) is 10.0. The van der Waals surface area contributed by atoms with E-state index in [0.29, 0.717) is 0 Å². The molecule has 1 aliphatic heterocycles. The van der Waals surface area contributed by atoms with Crippen LogP contribution in [0.25, 0.3) is 10.4 Å². The Morgan fingerprint density at radius 3 is 2.38 bits per heavy atom. The highest BCUT2D eigenvalue weighted by Crippen LogP contribution is 2.23. The lowest BCUT2D eigenvalue weighted by atomic mass is 10.1. The van der Waals surface area contributed by atoms with Crippen molar-refractivity contribution in [1.29, 1.82) is 0 Å². The van der Waals surface area contributed by atoms with Gasteiger partial charge in [0.05, 0.1) is 12.1 Å². The third-order valence-corrected chi connectivity index (χ3v) is 1.98. The standard InChI is InChI=1S/C6H11N3O4/c1-2(8-9-7)5-3(10)4(11)6(12)13-5/h2-6,10-12H,1H3/t2-,3-,4-,5-,6+/m0/s1. The van der Waals surface area contributed by atoms with E-state index >= 15 is 0 Å². The van der Waals surface area contributed by atoms with Crippen molar-refractivity contribution in [3.8, 4) is 0 Å². The first-order chi connectivity index (χ1) is 6.07. The molecule has 0 radical (unpaired) electrons. The Hall–Kier alpha value is -0.850. The summed E-state index contributed by atoms with van der Waals surface area (Å²) in [6.07, 6.45) is -4.85. The first kappa shape index (κ1) is 10.2. The van der Waals surface area contributed by atoms with Crippen LogP contribution in [-0.2, 0) is 4.74 Å². The molecule has 13 heavy (non-hydrogen) atoms. The van der Waals surface area contributed by atoms with Crippen LogP contribution < -0.4 is 0 Å². The average Bonchev–Trinajstić information content (AvgIpc) is 2.33. The fourth-order valence-electron chi connectivity index (χ4n) is 1.23. The maximum absolute atomic E-state index is 9.31. The van der Waals surface area contributed by atoms with Gasteiger partial charge in [0.15, 0.2) is 6.29 Å². The number of aliphatic hydroxyl groups excluding tert-OH is 3. The Morgan fingerprint density at radius 2 is 2.00 bits per heavy atom. The van der Waals surface area contributed by atoms with E-state index < -0.39 is 30.6 Å². The van der Waals surface area contributed by atoms with Crippen molar-refractivity contribution in [1.82, 2.24) is 0 Å². The molecular formula is C6H11N3O4. The molecule has 1 rings (SSSR count). The van der Waals surface area contributed by atoms with Gasteiger partial charge in [-0.3, -0.25) is 0 Å². The SMILES string of the molecule is C[C@H](N=[N+]=[N-])[C@@H]1O[C@@H](O)[C@@H](O)[C@@H]1O. The Bertz CT molecular complexity index is 230. The summed E-state index contributed by atoms with van der Waals surface area (Å²) in [5, 5.41) is 30.7. The summed E-state index contributed by atoms with van der Waals surface area (Å²) in [7, 11) is 0. The van der Waals surface area contributed by atoms with E-state index in [0.717, 1.165) is 0 Å². The molecule has 1 aliphatic rings. The first-order valence-electron chi connectivity index (χ1n) is 3.81. The highest BCUT2D eigenvalue weighted by Gasteiger charge is 2.43. The molecule has 0 aromatic carbocycles. The number of aliphatic hydroxyl groups is 3. The van der Waals surface area contributed by atoms with Crippen LogP contribution in [0, 0.1) is 0 Å². The largest absolute Gasteiger partial charge is 0.387 e. The fourth-order valence-corrected chi connectivity index (χ4v) is 1.23. The molecule has 74 valence electrons. The minimum atomic E-state index is -1.42. The van der Waals surface area contributed by atoms with Gasteiger partial charge in [-0.05, 0) is 5.53 Å². The summed E-state index contributed by atoms with van der Waals surface area (Å²) in [6, 6.07) is -0.633. The number of ether oxygens (including phenoxy) is 1. The second-order valence-corrected chi connectivity index (χ2v) is 2.92. The summed E-state index contributed by atoms with van der Waals surface area (Å²) in [5.41, 5.74) is 8.11. The Labute approximate surface area is 74.2 Å². The van der Waals surface area contributed by atoms with Crippen LogP contribution >= 0.6 is 0 Å². The van der Waals surface area contributed by atoms with Crippen molar-refractivity contribution in [2.45, 2.75) is 37.6 Å². The molecule has 0 bridgehead atoms. The molecule has 1 heterocycles. The van der Waals surface area contributed by atoms with E-state index in [1.165, 1.54) is 6.92 Å². The maximum Gasteiger partial charge on any atom is 0.183 e. The summed E-state index contributed by atoms with van der Waals surface area (Å²) < 4.78 is 4.79. The number of hydrogen-bond donors (Lipinski definition) is 3. The highest BCUT2D eigenvalue weighted by molar-refractivity contribution is 4.91. The number of azide groups is 1. The lowest BCUT2D eigenvalue weighted by Gasteiger charge is -2.16. The topological polar surface area (TPSA) is 119 Å². The van der Waals surface area contributed by atoms with Gasteiger partial charge in [0.25, 0.3) is 0 Å². The normalized spacial score (nSPS) is 41.2. The molecule has 0 unspecified atom stereocenters. The molecule has 7 heteroatoms. The van der Waals surface area contributed by atoms with Gasteiger partial charge in [-0.15, -0.1) is 0 Å². The molecule has 0 aliphatic carbocycles. The zero-order valence-corrected chi connectivity index (χ0v) is 6.98. The molecule has 0 aromatic heterocycles. The van der Waals surface area contributed by atoms with Crippen molar-refractivity contribution in [2.75, 3.05) is 0 Å². The van der Waals surface area contributed by atoms with E-state index in [9.17, 15) is 5.11 Å². The van der Waals surface area contributed by atoms with Gasteiger partial charge in [-0.1, -0.05) is 12.0 Å². The lowest BCUT2D eigenvalue weighted by Crippen LogP contribution is -2.36. The molecule has 3 N–H and O–H groups in total. The molecule has 0 saturated carbocycles. The van der Waals surface area contributed by atoms with Gasteiger partial charge in [0, 0.05) is 4.91 Å². The van der Waals surface area contributed by atoms with Gasteiger partial charge >= 0.3 is 0 Å². The molecule has 0 amide bonds. The van der Waals surface area contributed by atoms with Gasteiger partial charge in [0.1, 0.15) is 12.2 Å². The van der Waals surface area contributed by atoms with Crippen LogP contribution in [-0.4, -0.2) is 46.0 Å². The number of hydrogen-bond acceptors (Lipinski definition) is 5. The van der Waals surface area contributed by atoms with E-state index in [2.05, 4.69) is 10.0 Å². The van der Waals surface area contributed by atoms with E-state index in [1.54, 1.807) is 0 Å². The zero-order valence-electron chi connectivity index (χ0n) is 6.98. The Morgan fingerprint density at radius 1 is 1.38 bits per heavy atom. The quantitative estimate of drug-likeness (QED) is 0.297. The molecular weight excluding hydrogens is 178 g/mol. The van der Waals surface area contributed by atoms with Gasteiger partial charge in [-0.25, -0.2) is 0 Å². The van der Waals surface area contributed by atoms with Gasteiger partial charge in [0.2, 0.25) is 0 Å². The monoisotopic (exact) mass is 189 g/mol. The van der Waals surface area contributed by atoms with Crippen LogP contribution in [0.4, 0.5) is 0 Å². The third kappa shape index (κ3) is 1.90. The molecule has 1 saturated heterocycles. The van der Waals surface area contributed by atoms with Crippen LogP contribution in [0.1, 0.15) is 6.92 Å². The third-order valence-electron chi connectivity index (χ3n) is 1.98. The highest BCUT2D eigenvalue weighted by atomic mass is 16.6. The smallest absolute Gasteiger partial charge is 0.183 e. The van der Waals surface area contributed by atoms with Crippen molar-refractivity contribution in [3.63, 3.8) is 0 Å². The summed E-state index contributed by atoms with van der Waals surface area (Å²) in [4.78, 5) is 2.54. The summed E-state index contributed by atoms with van der Waals surface area (Å²) in [5.74, 6) is 0. The van der Waals surface area contributed by atoms with Crippen LogP contribution in [0.3, 0.4) is 0 Å². The predicted molar refractivity (Wildman–Crippen MR) is 41.5 cm³/mol. The van der Waals surface area contributed by atoms with Gasteiger partial charge < -0.3 is 20.1 Å². The minimum absolute atomic E-state index is 0.633. The van der Waals surface area contributed by atoms with Crippen LogP contribution in [0.15, 0.2) is 5.11 Å². The molecule has 5 atom stereocenters. The van der Waals surface area contributed by atoms with Crippen molar-refractivity contribution < 1.29 is 20.1 Å². The predicted octanol–water partition coefficient (Wildman–Crippen LogP) is -0.876. The lowest BCUT2D eigenvalue weighted by molar-refractivity contribution is -0.129.